The minimum absolute atomic E-state index is 0. The van der Waals surface area contributed by atoms with Gasteiger partial charge in [-0.2, -0.15) is 0 Å². The number of nitro benzene ring substituents is 2. The van der Waals surface area contributed by atoms with Gasteiger partial charge in [-0.05, 0) is 44.1 Å². The van der Waals surface area contributed by atoms with Crippen LogP contribution >= 0.6 is 12.4 Å². The Morgan fingerprint density at radius 3 is 2.65 bits per heavy atom. The molecule has 178 valence electrons. The molecule has 5 atom stereocenters. The van der Waals surface area contributed by atoms with Gasteiger partial charge < -0.3 is 19.5 Å². The fourth-order valence-electron chi connectivity index (χ4n) is 6.28. The Labute approximate surface area is 200 Å². The summed E-state index contributed by atoms with van der Waals surface area (Å²) in [5.74, 6) is 0.881. The van der Waals surface area contributed by atoms with Gasteiger partial charge in [0.2, 0.25) is 5.75 Å². The number of piperidine rings is 1. The molecule has 2 aliphatic heterocycles. The maximum atomic E-state index is 11.6. The molecular formula is C23H22ClN3O7. The van der Waals surface area contributed by atoms with Crippen molar-refractivity contribution in [1.29, 1.82) is 0 Å². The zero-order valence-electron chi connectivity index (χ0n) is 18.1. The number of ether oxygens (including phenoxy) is 2. The molecule has 1 fully saturated rings. The highest BCUT2D eigenvalue weighted by Crippen LogP contribution is 2.62. The van der Waals surface area contributed by atoms with Gasteiger partial charge in [0, 0.05) is 29.0 Å². The third-order valence-electron chi connectivity index (χ3n) is 7.70. The number of hydrogen-bond donors (Lipinski definition) is 1. The Balaban J connectivity index is 0.00000241. The van der Waals surface area contributed by atoms with Gasteiger partial charge in [0.25, 0.3) is 5.69 Å². The average Bonchev–Trinajstić information content (AvgIpc) is 3.14. The molecule has 1 saturated heterocycles. The summed E-state index contributed by atoms with van der Waals surface area (Å²) in [5.41, 5.74) is 0.886. The number of benzene rings is 2. The van der Waals surface area contributed by atoms with Crippen LogP contribution < -0.4 is 9.47 Å². The van der Waals surface area contributed by atoms with Crippen molar-refractivity contribution in [2.45, 2.75) is 36.5 Å². The number of rotatable bonds is 4. The maximum Gasteiger partial charge on any atom is 0.318 e. The second-order valence-electron chi connectivity index (χ2n) is 9.18. The van der Waals surface area contributed by atoms with Crippen molar-refractivity contribution >= 4 is 23.8 Å². The summed E-state index contributed by atoms with van der Waals surface area (Å²) in [6.07, 6.45) is 4.33. The van der Waals surface area contributed by atoms with Crippen molar-refractivity contribution in [2.24, 2.45) is 5.92 Å². The van der Waals surface area contributed by atoms with Crippen LogP contribution in [0.25, 0.3) is 0 Å². The van der Waals surface area contributed by atoms with Crippen LogP contribution in [0.15, 0.2) is 42.5 Å². The Kier molecular flexibility index (Phi) is 5.08. The van der Waals surface area contributed by atoms with Gasteiger partial charge in [0.15, 0.2) is 11.5 Å². The summed E-state index contributed by atoms with van der Waals surface area (Å²) in [6.45, 7) is 0.874. The molecule has 0 aromatic heterocycles. The average molecular weight is 488 g/mol. The molecule has 2 aliphatic carbocycles. The van der Waals surface area contributed by atoms with Crippen molar-refractivity contribution in [1.82, 2.24) is 4.90 Å². The molecule has 2 aromatic rings. The number of hydrogen-bond acceptors (Lipinski definition) is 8. The third-order valence-corrected chi connectivity index (χ3v) is 7.70. The lowest BCUT2D eigenvalue weighted by atomic mass is 9.53. The summed E-state index contributed by atoms with van der Waals surface area (Å²) in [5, 5.41) is 33.5. The first-order valence-electron chi connectivity index (χ1n) is 10.8. The molecular weight excluding hydrogens is 466 g/mol. The highest BCUT2D eigenvalue weighted by Gasteiger charge is 2.64. The van der Waals surface area contributed by atoms with Gasteiger partial charge in [-0.25, -0.2) is 0 Å². The smallest absolute Gasteiger partial charge is 0.318 e. The van der Waals surface area contributed by atoms with Crippen molar-refractivity contribution in [3.8, 4) is 17.2 Å². The topological polar surface area (TPSA) is 128 Å². The SMILES string of the molecule is CN1CC[C@]23c4c5ccc(Oc6ccc([N+](=O)[O-])cc6[N+](=O)[O-])c4O[C@H]2[C@@H](O)C=C[C@H]3[C@H]1C5.Cl. The van der Waals surface area contributed by atoms with E-state index in [-0.39, 0.29) is 35.2 Å². The molecule has 2 bridgehead atoms. The van der Waals surface area contributed by atoms with Crippen LogP contribution in [-0.2, 0) is 11.8 Å². The third kappa shape index (κ3) is 2.88. The molecule has 2 heterocycles. The van der Waals surface area contributed by atoms with Crippen LogP contribution in [0.3, 0.4) is 0 Å². The number of nitrogens with zero attached hydrogens (tertiary/aromatic N) is 3. The second kappa shape index (κ2) is 7.66. The van der Waals surface area contributed by atoms with E-state index in [9.17, 15) is 25.3 Å². The fourth-order valence-corrected chi connectivity index (χ4v) is 6.28. The van der Waals surface area contributed by atoms with Crippen molar-refractivity contribution in [3.63, 3.8) is 0 Å². The van der Waals surface area contributed by atoms with E-state index >= 15 is 0 Å². The second-order valence-corrected chi connectivity index (χ2v) is 9.18. The summed E-state index contributed by atoms with van der Waals surface area (Å²) in [6, 6.07) is 7.28. The number of halogens is 1. The van der Waals surface area contributed by atoms with Gasteiger partial charge in [-0.1, -0.05) is 18.2 Å². The van der Waals surface area contributed by atoms with E-state index in [2.05, 4.69) is 18.0 Å². The summed E-state index contributed by atoms with van der Waals surface area (Å²) in [4.78, 5) is 23.6. The monoisotopic (exact) mass is 487 g/mol. The number of non-ortho nitro benzene ring substituents is 1. The molecule has 0 radical (unpaired) electrons. The van der Waals surface area contributed by atoms with E-state index in [1.54, 1.807) is 12.1 Å². The lowest BCUT2D eigenvalue weighted by Crippen LogP contribution is -2.64. The van der Waals surface area contributed by atoms with Gasteiger partial charge in [0.1, 0.15) is 12.2 Å². The lowest BCUT2D eigenvalue weighted by molar-refractivity contribution is -0.394. The maximum absolute atomic E-state index is 11.6. The Morgan fingerprint density at radius 2 is 1.91 bits per heavy atom. The molecule has 1 spiro atoms. The number of likely N-dealkylation sites (N-methyl/N-ethyl adjacent to an activating group) is 1. The first-order chi connectivity index (χ1) is 15.8. The van der Waals surface area contributed by atoms with Gasteiger partial charge in [-0.3, -0.25) is 20.2 Å². The molecule has 34 heavy (non-hydrogen) atoms. The van der Waals surface area contributed by atoms with Crippen LogP contribution in [0.2, 0.25) is 0 Å². The van der Waals surface area contributed by atoms with Crippen molar-refractivity contribution < 1.29 is 24.4 Å². The summed E-state index contributed by atoms with van der Waals surface area (Å²) < 4.78 is 12.3. The van der Waals surface area contributed by atoms with Crippen molar-refractivity contribution in [3.05, 3.63) is 73.8 Å². The van der Waals surface area contributed by atoms with E-state index in [1.165, 1.54) is 12.1 Å². The molecule has 1 N–H and O–H groups in total. The summed E-state index contributed by atoms with van der Waals surface area (Å²) in [7, 11) is 2.12. The van der Waals surface area contributed by atoms with E-state index in [0.29, 0.717) is 17.5 Å². The van der Waals surface area contributed by atoms with Crippen LogP contribution in [0.1, 0.15) is 17.5 Å². The molecule has 2 aromatic carbocycles. The molecule has 6 rings (SSSR count). The van der Waals surface area contributed by atoms with Gasteiger partial charge in [0.05, 0.1) is 15.9 Å². The number of likely N-dealkylation sites (tertiary alicyclic amines) is 1. The minimum Gasteiger partial charge on any atom is -0.482 e. The normalized spacial score (nSPS) is 30.1. The van der Waals surface area contributed by atoms with Gasteiger partial charge >= 0.3 is 5.69 Å². The van der Waals surface area contributed by atoms with E-state index in [1.807, 2.05) is 6.07 Å². The standard InChI is InChI=1S/C23H21N3O7.ClH/c1-24-9-8-23-14-4-5-17(27)22(23)33-21-19(6-2-12(20(21)23)10-15(14)24)32-18-7-3-13(25(28)29)11-16(18)26(30)31;/h2-7,11,14-15,17,22,27H,8-10H2,1H3;1H/t14-,15+,17-,22-,23-;/m0./s1. The predicted molar refractivity (Wildman–Crippen MR) is 123 cm³/mol. The Bertz CT molecular complexity index is 1250. The highest BCUT2D eigenvalue weighted by atomic mass is 35.5. The number of aliphatic hydroxyl groups excluding tert-OH is 1. The Hall–Kier alpha value is -3.21. The zero-order chi connectivity index (χ0) is 23.1. The summed E-state index contributed by atoms with van der Waals surface area (Å²) >= 11 is 0. The van der Waals surface area contributed by atoms with E-state index in [4.69, 9.17) is 9.47 Å². The first-order valence-corrected chi connectivity index (χ1v) is 10.8. The zero-order valence-corrected chi connectivity index (χ0v) is 18.9. The largest absolute Gasteiger partial charge is 0.482 e. The molecule has 0 saturated carbocycles. The molecule has 0 unspecified atom stereocenters. The first kappa shape index (κ1) is 22.6. The quantitative estimate of drug-likeness (QED) is 0.394. The lowest BCUT2D eigenvalue weighted by Gasteiger charge is -2.56. The molecule has 4 aliphatic rings. The number of aliphatic hydroxyl groups is 1. The van der Waals surface area contributed by atoms with Crippen LogP contribution in [0.5, 0.6) is 17.2 Å². The highest BCUT2D eigenvalue weighted by molar-refractivity contribution is 5.85. The Morgan fingerprint density at radius 1 is 1.15 bits per heavy atom. The van der Waals surface area contributed by atoms with Crippen LogP contribution in [-0.4, -0.2) is 51.7 Å². The molecule has 0 amide bonds. The minimum atomic E-state index is -0.773. The van der Waals surface area contributed by atoms with Crippen LogP contribution in [0.4, 0.5) is 11.4 Å². The van der Waals surface area contributed by atoms with Crippen LogP contribution in [0, 0.1) is 26.1 Å². The predicted octanol–water partition coefficient (Wildman–Crippen LogP) is 3.52. The molecule has 11 heteroatoms. The number of nitro groups is 2. The fraction of sp³-hybridized carbons (Fsp3) is 0.391. The molecule has 10 nitrogen and oxygen atoms in total. The van der Waals surface area contributed by atoms with Gasteiger partial charge in [-0.15, -0.1) is 12.4 Å². The van der Waals surface area contributed by atoms with E-state index < -0.39 is 27.7 Å². The van der Waals surface area contributed by atoms with Crippen molar-refractivity contribution in [2.75, 3.05) is 13.6 Å². The van der Waals surface area contributed by atoms with E-state index in [0.717, 1.165) is 36.6 Å².